The second-order valence-corrected chi connectivity index (χ2v) is 7.17. The molecule has 12 heteroatoms. The molecule has 0 amide bonds. The van der Waals surface area contributed by atoms with Crippen LogP contribution in [-0.2, 0) is 6.54 Å². The van der Waals surface area contributed by atoms with Crippen molar-refractivity contribution in [2.24, 2.45) is 0 Å². The number of nitrogens with zero attached hydrogens (tertiary/aromatic N) is 5. The number of H-pyrrole nitrogens is 1. The Balaban J connectivity index is 1.65. The number of pyridine rings is 1. The first-order valence-electron chi connectivity index (χ1n) is 10.4. The van der Waals surface area contributed by atoms with Crippen LogP contribution >= 0.6 is 0 Å². The minimum Gasteiger partial charge on any atom is -0.490 e. The van der Waals surface area contributed by atoms with Crippen LogP contribution in [0.25, 0.3) is 33.9 Å². The van der Waals surface area contributed by atoms with Crippen LogP contribution in [0.4, 0.5) is 5.82 Å². The highest BCUT2D eigenvalue weighted by molar-refractivity contribution is 5.95. The molecule has 170 valence electrons. The molecule has 0 aliphatic heterocycles. The van der Waals surface area contributed by atoms with Gasteiger partial charge in [-0.05, 0) is 42.3 Å². The number of imidazole rings is 1. The third-order valence-electron chi connectivity index (χ3n) is 4.98. The molecule has 4 rings (SSSR count). The molecule has 4 heterocycles. The number of aliphatic hydroxyl groups excluding tert-OH is 2. The number of aromatic nitrogens is 6. The van der Waals surface area contributed by atoms with E-state index in [1.807, 2.05) is 29.8 Å². The van der Waals surface area contributed by atoms with Gasteiger partial charge in [0.1, 0.15) is 16.7 Å². The summed E-state index contributed by atoms with van der Waals surface area (Å²) in [6.07, 6.45) is 3.44. The number of nitrogens with one attached hydrogen (secondary N) is 2. The van der Waals surface area contributed by atoms with Crippen molar-refractivity contribution in [3.8, 4) is 28.7 Å². The molecule has 0 saturated heterocycles. The predicted octanol–water partition coefficient (Wildman–Crippen LogP) is 0.790. The fourth-order valence-electron chi connectivity index (χ4n) is 3.45. The molecule has 1 unspecified atom stereocenters. The molecule has 0 spiro atoms. The first-order chi connectivity index (χ1) is 15.6. The Morgan fingerprint density at radius 2 is 2.22 bits per heavy atom. The highest BCUT2D eigenvalue weighted by atomic mass is 16.6. The molecule has 0 fully saturated rings. The number of nitrogen functional groups attached to an aromatic ring is 1. The van der Waals surface area contributed by atoms with Crippen molar-refractivity contribution in [1.29, 1.82) is 0 Å². The number of nitrogens with two attached hydrogens (primary N) is 1. The Labute approximate surface area is 183 Å². The first kappa shape index (κ1) is 21.7. The largest absolute Gasteiger partial charge is 0.490 e. The third-order valence-corrected chi connectivity index (χ3v) is 4.98. The lowest BCUT2D eigenvalue weighted by atomic mass is 10.2. The maximum Gasteiger partial charge on any atom is 0.199 e. The quantitative estimate of drug-likeness (QED) is 0.209. The van der Waals surface area contributed by atoms with Crippen molar-refractivity contribution in [1.82, 2.24) is 35.1 Å². The molecule has 4 aromatic rings. The lowest BCUT2D eigenvalue weighted by Crippen LogP contribution is -2.30. The van der Waals surface area contributed by atoms with E-state index in [1.165, 1.54) is 0 Å². The van der Waals surface area contributed by atoms with Gasteiger partial charge in [-0.2, -0.15) is 0 Å². The van der Waals surface area contributed by atoms with Gasteiger partial charge in [0.25, 0.3) is 0 Å². The summed E-state index contributed by atoms with van der Waals surface area (Å²) in [6, 6.07) is 3.82. The van der Waals surface area contributed by atoms with Crippen molar-refractivity contribution >= 4 is 16.9 Å². The zero-order valence-corrected chi connectivity index (χ0v) is 17.7. The molecule has 1 atom stereocenters. The Hall–Kier alpha value is -3.48. The number of fused-ring (bicyclic) bond motifs is 1. The molecule has 12 nitrogen and oxygen atoms in total. The average Bonchev–Trinajstić information content (AvgIpc) is 3.55. The van der Waals surface area contributed by atoms with Gasteiger partial charge in [-0.25, -0.2) is 14.6 Å². The number of rotatable bonds is 11. The summed E-state index contributed by atoms with van der Waals surface area (Å²) in [6.45, 7) is 3.69. The highest BCUT2D eigenvalue weighted by Gasteiger charge is 2.24. The van der Waals surface area contributed by atoms with Gasteiger partial charge in [0.15, 0.2) is 23.1 Å². The fraction of sp³-hybridized carbons (Fsp3) is 0.400. The Morgan fingerprint density at radius 1 is 1.34 bits per heavy atom. The van der Waals surface area contributed by atoms with Crippen LogP contribution in [0.15, 0.2) is 29.2 Å². The van der Waals surface area contributed by atoms with E-state index in [0.717, 1.165) is 11.2 Å². The van der Waals surface area contributed by atoms with E-state index in [9.17, 15) is 5.11 Å². The minimum atomic E-state index is -0.768. The monoisotopic (exact) mass is 442 g/mol. The van der Waals surface area contributed by atoms with Crippen LogP contribution in [-0.4, -0.2) is 72.5 Å². The summed E-state index contributed by atoms with van der Waals surface area (Å²) >= 11 is 0. The van der Waals surface area contributed by atoms with Crippen LogP contribution in [0.2, 0.25) is 0 Å². The van der Waals surface area contributed by atoms with E-state index in [2.05, 4.69) is 25.6 Å². The van der Waals surface area contributed by atoms with Gasteiger partial charge in [0.05, 0.1) is 31.2 Å². The van der Waals surface area contributed by atoms with Gasteiger partial charge in [-0.15, -0.1) is 0 Å². The smallest absolute Gasteiger partial charge is 0.199 e. The molecule has 0 aliphatic rings. The normalized spacial score (nSPS) is 12.5. The number of hydrogen-bond donors (Lipinski definition) is 5. The van der Waals surface area contributed by atoms with E-state index < -0.39 is 6.10 Å². The van der Waals surface area contributed by atoms with Crippen LogP contribution in [0.5, 0.6) is 5.75 Å². The predicted molar refractivity (Wildman–Crippen MR) is 117 cm³/mol. The summed E-state index contributed by atoms with van der Waals surface area (Å²) in [5, 5.41) is 28.9. The van der Waals surface area contributed by atoms with Gasteiger partial charge in [-0.1, -0.05) is 0 Å². The van der Waals surface area contributed by atoms with Crippen LogP contribution < -0.4 is 15.8 Å². The summed E-state index contributed by atoms with van der Waals surface area (Å²) in [5.74, 6) is 1.26. The maximum atomic E-state index is 9.38. The Morgan fingerprint density at radius 3 is 2.91 bits per heavy atom. The van der Waals surface area contributed by atoms with Crippen molar-refractivity contribution in [3.05, 3.63) is 24.5 Å². The minimum absolute atomic E-state index is 0.156. The number of ether oxygens (including phenoxy) is 1. The van der Waals surface area contributed by atoms with E-state index >= 15 is 0 Å². The average molecular weight is 442 g/mol. The Kier molecular flexibility index (Phi) is 6.63. The van der Waals surface area contributed by atoms with Gasteiger partial charge in [0, 0.05) is 19.3 Å². The summed E-state index contributed by atoms with van der Waals surface area (Å²) in [7, 11) is 0. The molecule has 0 radical (unpaired) electrons. The second-order valence-electron chi connectivity index (χ2n) is 7.17. The van der Waals surface area contributed by atoms with Gasteiger partial charge in [-0.3, -0.25) is 0 Å². The molecule has 0 aliphatic carbocycles. The number of aromatic amines is 1. The van der Waals surface area contributed by atoms with Gasteiger partial charge in [0.2, 0.25) is 0 Å². The van der Waals surface area contributed by atoms with E-state index in [1.54, 1.807) is 6.20 Å². The maximum absolute atomic E-state index is 9.38. The number of hydrogen-bond acceptors (Lipinski definition) is 10. The first-order valence-corrected chi connectivity index (χ1v) is 10.4. The lowest BCUT2D eigenvalue weighted by molar-refractivity contribution is 0.0942. The SMILES string of the molecule is CCn1c(-c2nonc2N)nc2c(-c3ccc[nH]3)ncc(OCCCNCC(O)CO)c21. The lowest BCUT2D eigenvalue weighted by Gasteiger charge is -2.12. The van der Waals surface area contributed by atoms with E-state index in [0.29, 0.717) is 61.1 Å². The number of aryl methyl sites for hydroxylation is 1. The molecule has 0 bridgehead atoms. The molecule has 6 N–H and O–H groups in total. The van der Waals surface area contributed by atoms with Crippen LogP contribution in [0.3, 0.4) is 0 Å². The summed E-state index contributed by atoms with van der Waals surface area (Å²) < 4.78 is 12.8. The van der Waals surface area contributed by atoms with Gasteiger partial charge >= 0.3 is 0 Å². The Bertz CT molecular complexity index is 1150. The zero-order chi connectivity index (χ0) is 22.5. The standard InChI is InChI=1S/C20H26N8O4/c1-2-28-18-14(31-8-4-6-22-9-12(30)11-29)10-24-15(13-5-3-7-23-13)16(18)25-20(28)17-19(21)27-32-26-17/h3,5,7,10,12,22-23,29-30H,2,4,6,8-9,11H2,1H3,(H2,21,27). The topological polar surface area (TPSA) is 173 Å². The molecule has 0 aromatic carbocycles. The van der Waals surface area contributed by atoms with Crippen molar-refractivity contribution in [2.75, 3.05) is 32.0 Å². The van der Waals surface area contributed by atoms with Crippen molar-refractivity contribution in [3.63, 3.8) is 0 Å². The number of anilines is 1. The fourth-order valence-corrected chi connectivity index (χ4v) is 3.45. The zero-order valence-electron chi connectivity index (χ0n) is 17.7. The van der Waals surface area contributed by atoms with Crippen molar-refractivity contribution in [2.45, 2.75) is 26.0 Å². The molecular formula is C20H26N8O4. The van der Waals surface area contributed by atoms with Gasteiger partial charge < -0.3 is 35.6 Å². The van der Waals surface area contributed by atoms with Crippen LogP contribution in [0.1, 0.15) is 13.3 Å². The molecular weight excluding hydrogens is 416 g/mol. The van der Waals surface area contributed by atoms with Crippen molar-refractivity contribution < 1.29 is 19.6 Å². The number of aliphatic hydroxyl groups is 2. The molecule has 4 aromatic heterocycles. The van der Waals surface area contributed by atoms with E-state index in [4.69, 9.17) is 25.2 Å². The van der Waals surface area contributed by atoms with Crippen LogP contribution in [0, 0.1) is 0 Å². The molecule has 0 saturated carbocycles. The third kappa shape index (κ3) is 4.28. The summed E-state index contributed by atoms with van der Waals surface area (Å²) in [5.41, 5.74) is 9.22. The summed E-state index contributed by atoms with van der Waals surface area (Å²) in [4.78, 5) is 12.5. The van der Waals surface area contributed by atoms with E-state index in [-0.39, 0.29) is 12.4 Å². The second kappa shape index (κ2) is 9.77. The highest BCUT2D eigenvalue weighted by Crippen LogP contribution is 2.36. The molecule has 32 heavy (non-hydrogen) atoms.